The van der Waals surface area contributed by atoms with E-state index >= 15 is 0 Å². The fraction of sp³-hybridized carbons (Fsp3) is 0.688. The van der Waals surface area contributed by atoms with E-state index in [0.29, 0.717) is 12.8 Å². The highest BCUT2D eigenvalue weighted by molar-refractivity contribution is 7.47. The van der Waals surface area contributed by atoms with E-state index in [1.54, 1.807) is 42.5 Å². The molecular formula is C48H82NO13P. The van der Waals surface area contributed by atoms with Gasteiger partial charge in [0.1, 0.15) is 12.6 Å². The number of carboxylic acid groups (broad SMARTS) is 1. The molecule has 0 rings (SSSR count). The van der Waals surface area contributed by atoms with Crippen LogP contribution in [0.5, 0.6) is 0 Å². The summed E-state index contributed by atoms with van der Waals surface area (Å²) in [4.78, 5) is 46.1. The first-order valence-electron chi connectivity index (χ1n) is 23.3. The Morgan fingerprint density at radius 1 is 0.619 bits per heavy atom. The van der Waals surface area contributed by atoms with Crippen molar-refractivity contribution in [2.75, 3.05) is 19.8 Å². The van der Waals surface area contributed by atoms with Crippen molar-refractivity contribution in [3.63, 3.8) is 0 Å². The number of carbonyl (C=O) groups excluding carboxylic acids is 2. The zero-order valence-electron chi connectivity index (χ0n) is 38.2. The average molecular weight is 912 g/mol. The van der Waals surface area contributed by atoms with Gasteiger partial charge in [0.25, 0.3) is 0 Å². The zero-order chi connectivity index (χ0) is 46.8. The van der Waals surface area contributed by atoms with Crippen LogP contribution in [-0.2, 0) is 37.5 Å². The molecule has 1 unspecified atom stereocenters. The van der Waals surface area contributed by atoms with Gasteiger partial charge in [-0.15, -0.1) is 0 Å². The van der Waals surface area contributed by atoms with E-state index in [9.17, 15) is 39.2 Å². The summed E-state index contributed by atoms with van der Waals surface area (Å²) in [5.74, 6) is -2.77. The second-order valence-corrected chi connectivity index (χ2v) is 17.2. The Bertz CT molecular complexity index is 1400. The summed E-state index contributed by atoms with van der Waals surface area (Å²) in [6.07, 6.45) is 39.1. The predicted octanol–water partition coefficient (Wildman–Crippen LogP) is 9.42. The molecular weight excluding hydrogens is 829 g/mol. The Kier molecular flexibility index (Phi) is 39.4. The van der Waals surface area contributed by atoms with Gasteiger partial charge in [-0.2, -0.15) is 0 Å². The van der Waals surface area contributed by atoms with Crippen LogP contribution >= 0.6 is 7.82 Å². The van der Waals surface area contributed by atoms with Crippen LogP contribution in [0, 0.1) is 0 Å². The number of nitrogens with two attached hydrogens (primary N) is 1. The van der Waals surface area contributed by atoms with Crippen LogP contribution in [-0.4, -0.2) is 93.5 Å². The number of esters is 2. The third kappa shape index (κ3) is 40.1. The van der Waals surface area contributed by atoms with Gasteiger partial charge in [0.2, 0.25) is 0 Å². The molecule has 0 aromatic carbocycles. The monoisotopic (exact) mass is 912 g/mol. The van der Waals surface area contributed by atoms with E-state index in [0.717, 1.165) is 38.5 Å². The van der Waals surface area contributed by atoms with E-state index in [1.165, 1.54) is 76.7 Å². The van der Waals surface area contributed by atoms with Crippen LogP contribution in [0.3, 0.4) is 0 Å². The highest BCUT2D eigenvalue weighted by Crippen LogP contribution is 2.43. The Morgan fingerprint density at radius 2 is 1.14 bits per heavy atom. The third-order valence-electron chi connectivity index (χ3n) is 9.78. The Balaban J connectivity index is 4.63. The molecule has 0 aliphatic carbocycles. The summed E-state index contributed by atoms with van der Waals surface area (Å²) in [5.41, 5.74) is 5.32. The highest BCUT2D eigenvalue weighted by atomic mass is 31.2. The standard InChI is InChI=1S/C48H82NO13P/c1-3-5-7-8-9-10-11-12-13-14-15-16-17-18-19-20-21-26-30-36-46(53)59-38-42(39-60-63(57,58)61-40-43(49)48(55)56)62-47(54)37-31-35-45(52)44(51)34-29-25-23-22-24-28-33-41(50)32-27-6-4-2/h6,12-13,22-25,27-29,33-34,41-45,50-52H,3-5,7-11,14-21,26,30-32,35-40,49H2,1-2H3,(H,55,56)(H,57,58)/b13-12-,24-22+,25-23-,27-6-,33-28+,34-29-/t41-,42+,43-,44+,45+/m0/s1. The smallest absolute Gasteiger partial charge is 0.472 e. The number of phosphoric ester groups is 1. The third-order valence-corrected chi connectivity index (χ3v) is 10.7. The van der Waals surface area contributed by atoms with Crippen molar-refractivity contribution in [3.8, 4) is 0 Å². The summed E-state index contributed by atoms with van der Waals surface area (Å²) in [6.45, 7) is 2.26. The van der Waals surface area contributed by atoms with Gasteiger partial charge in [0.15, 0.2) is 6.10 Å². The molecule has 0 heterocycles. The molecule has 6 atom stereocenters. The molecule has 15 heteroatoms. The maximum Gasteiger partial charge on any atom is 0.472 e. The van der Waals surface area contributed by atoms with Gasteiger partial charge >= 0.3 is 25.7 Å². The quantitative estimate of drug-likeness (QED) is 0.0110. The lowest BCUT2D eigenvalue weighted by atomic mass is 10.1. The number of hydrogen-bond acceptors (Lipinski definition) is 12. The number of aliphatic carboxylic acids is 1. The lowest BCUT2D eigenvalue weighted by Gasteiger charge is -2.20. The second kappa shape index (κ2) is 41.5. The number of carboxylic acids is 1. The van der Waals surface area contributed by atoms with Crippen molar-refractivity contribution in [3.05, 3.63) is 72.9 Å². The summed E-state index contributed by atoms with van der Waals surface area (Å²) in [6, 6.07) is -1.58. The topological polar surface area (TPSA) is 232 Å². The molecule has 0 bridgehead atoms. The lowest BCUT2D eigenvalue weighted by Crippen LogP contribution is -2.34. The van der Waals surface area contributed by atoms with E-state index in [2.05, 4.69) is 23.6 Å². The van der Waals surface area contributed by atoms with E-state index in [-0.39, 0.29) is 25.7 Å². The molecule has 0 aliphatic heterocycles. The number of hydrogen-bond donors (Lipinski definition) is 6. The van der Waals surface area contributed by atoms with Crippen LogP contribution in [0.4, 0.5) is 0 Å². The number of allylic oxidation sites excluding steroid dienone is 9. The maximum atomic E-state index is 12.7. The Labute approximate surface area is 378 Å². The first kappa shape index (κ1) is 59.8. The molecule has 0 aromatic rings. The molecule has 362 valence electrons. The minimum Gasteiger partial charge on any atom is -0.480 e. The summed E-state index contributed by atoms with van der Waals surface area (Å²) in [7, 11) is -4.82. The number of ether oxygens (including phenoxy) is 2. The first-order chi connectivity index (χ1) is 30.3. The van der Waals surface area contributed by atoms with Crippen LogP contribution < -0.4 is 5.73 Å². The number of phosphoric acid groups is 1. The van der Waals surface area contributed by atoms with Gasteiger partial charge in [0.05, 0.1) is 31.5 Å². The van der Waals surface area contributed by atoms with E-state index in [4.69, 9.17) is 24.8 Å². The van der Waals surface area contributed by atoms with Gasteiger partial charge in [-0.3, -0.25) is 23.4 Å². The minimum atomic E-state index is -4.82. The van der Waals surface area contributed by atoms with Crippen molar-refractivity contribution >= 4 is 25.7 Å². The van der Waals surface area contributed by atoms with Crippen LogP contribution in [0.25, 0.3) is 0 Å². The van der Waals surface area contributed by atoms with Gasteiger partial charge in [-0.1, -0.05) is 164 Å². The molecule has 0 fully saturated rings. The molecule has 0 saturated heterocycles. The second-order valence-electron chi connectivity index (χ2n) is 15.7. The number of carbonyl (C=O) groups is 3. The van der Waals surface area contributed by atoms with Gasteiger partial charge in [0, 0.05) is 12.8 Å². The summed E-state index contributed by atoms with van der Waals surface area (Å²) in [5, 5.41) is 39.4. The maximum absolute atomic E-state index is 12.7. The minimum absolute atomic E-state index is 0.0434. The molecule has 0 radical (unpaired) electrons. The highest BCUT2D eigenvalue weighted by Gasteiger charge is 2.28. The number of unbranched alkanes of at least 4 members (excludes halogenated alkanes) is 15. The number of aliphatic hydroxyl groups is 3. The van der Waals surface area contributed by atoms with Crippen molar-refractivity contribution in [2.45, 2.75) is 192 Å². The van der Waals surface area contributed by atoms with E-state index < -0.39 is 76.0 Å². The zero-order valence-corrected chi connectivity index (χ0v) is 39.1. The molecule has 14 nitrogen and oxygen atoms in total. The van der Waals surface area contributed by atoms with Crippen molar-refractivity contribution in [2.24, 2.45) is 5.73 Å². The molecule has 0 aromatic heterocycles. The fourth-order valence-corrected chi connectivity index (χ4v) is 6.77. The molecule has 0 amide bonds. The largest absolute Gasteiger partial charge is 0.480 e. The van der Waals surface area contributed by atoms with Crippen LogP contribution in [0.2, 0.25) is 0 Å². The summed E-state index contributed by atoms with van der Waals surface area (Å²) >= 11 is 0. The summed E-state index contributed by atoms with van der Waals surface area (Å²) < 4.78 is 32.5. The molecule has 63 heavy (non-hydrogen) atoms. The Hall–Kier alpha value is -3.20. The van der Waals surface area contributed by atoms with Gasteiger partial charge in [-0.25, -0.2) is 4.57 Å². The van der Waals surface area contributed by atoms with E-state index in [1.807, 2.05) is 19.1 Å². The van der Waals surface area contributed by atoms with Crippen molar-refractivity contribution < 1.29 is 62.8 Å². The normalized spacial score (nSPS) is 15.8. The van der Waals surface area contributed by atoms with Gasteiger partial charge < -0.3 is 40.5 Å². The SMILES string of the molecule is CC/C=C\C[C@H](O)/C=C/C=C/C=C\C=C/[C@@H](O)[C@H](O)CCCC(=O)O[C@H](COC(=O)CCCCCCCCCCC/C=C\CCCCCCCC)COP(=O)(O)OC[C@H](N)C(=O)O. The predicted molar refractivity (Wildman–Crippen MR) is 249 cm³/mol. The molecule has 0 saturated carbocycles. The Morgan fingerprint density at radius 3 is 1.73 bits per heavy atom. The lowest BCUT2D eigenvalue weighted by molar-refractivity contribution is -0.161. The average Bonchev–Trinajstić information content (AvgIpc) is 3.25. The van der Waals surface area contributed by atoms with Crippen LogP contribution in [0.1, 0.15) is 162 Å². The number of rotatable bonds is 42. The molecule has 0 spiro atoms. The molecule has 7 N–H and O–H groups in total. The molecule has 0 aliphatic rings. The van der Waals surface area contributed by atoms with Gasteiger partial charge in [-0.05, 0) is 57.8 Å². The van der Waals surface area contributed by atoms with Crippen molar-refractivity contribution in [1.82, 2.24) is 0 Å². The van der Waals surface area contributed by atoms with Crippen LogP contribution in [0.15, 0.2) is 72.9 Å². The fourth-order valence-electron chi connectivity index (χ4n) is 5.99. The van der Waals surface area contributed by atoms with Crippen molar-refractivity contribution in [1.29, 1.82) is 0 Å². The number of aliphatic hydroxyl groups excluding tert-OH is 3. The first-order valence-corrected chi connectivity index (χ1v) is 24.8.